The molecule has 3 heteroatoms. The summed E-state index contributed by atoms with van der Waals surface area (Å²) in [5, 5.41) is 13.9. The molecule has 0 radical (unpaired) electrons. The summed E-state index contributed by atoms with van der Waals surface area (Å²) in [6.07, 6.45) is 8.57. The van der Waals surface area contributed by atoms with Crippen LogP contribution in [0.2, 0.25) is 0 Å². The monoisotopic (exact) mass is 268 g/mol. The maximum absolute atomic E-state index is 10.2. The Morgan fingerprint density at radius 3 is 2.74 bits per heavy atom. The van der Waals surface area contributed by atoms with E-state index in [1.54, 1.807) is 0 Å². The molecule has 1 saturated heterocycles. The van der Waals surface area contributed by atoms with Gasteiger partial charge in [0.05, 0.1) is 5.60 Å². The number of hydrogen-bond acceptors (Lipinski definition) is 3. The molecule has 0 aromatic heterocycles. The minimum absolute atomic E-state index is 0.428. The van der Waals surface area contributed by atoms with Crippen molar-refractivity contribution in [1.82, 2.24) is 10.2 Å². The summed E-state index contributed by atoms with van der Waals surface area (Å²) >= 11 is 0. The highest BCUT2D eigenvalue weighted by Crippen LogP contribution is 2.27. The molecule has 1 heterocycles. The maximum Gasteiger partial charge on any atom is 0.0632 e. The Balaban J connectivity index is 1.84. The highest BCUT2D eigenvalue weighted by Gasteiger charge is 2.29. The first kappa shape index (κ1) is 15.3. The van der Waals surface area contributed by atoms with Gasteiger partial charge in [0.15, 0.2) is 0 Å². The van der Waals surface area contributed by atoms with E-state index in [-0.39, 0.29) is 0 Å². The van der Waals surface area contributed by atoms with E-state index < -0.39 is 5.60 Å². The second kappa shape index (κ2) is 7.05. The molecule has 0 spiro atoms. The van der Waals surface area contributed by atoms with Gasteiger partial charge >= 0.3 is 0 Å². The molecule has 112 valence electrons. The standard InChI is InChI=1S/C16H32N2O/c1-3-17-15-8-5-4-7-14(15)13-18-11-6-9-16(2,19)10-12-18/h14-15,17,19H,3-13H2,1-2H3. The minimum atomic E-state index is -0.428. The molecule has 3 atom stereocenters. The van der Waals surface area contributed by atoms with Crippen molar-refractivity contribution in [2.45, 2.75) is 70.4 Å². The molecule has 19 heavy (non-hydrogen) atoms. The molecule has 0 aromatic carbocycles. The normalized spacial score (nSPS) is 38.1. The zero-order valence-corrected chi connectivity index (χ0v) is 12.8. The summed E-state index contributed by atoms with van der Waals surface area (Å²) in [6.45, 7) is 8.78. The molecular formula is C16H32N2O. The van der Waals surface area contributed by atoms with E-state index in [2.05, 4.69) is 17.1 Å². The summed E-state index contributed by atoms with van der Waals surface area (Å²) in [5.41, 5.74) is -0.428. The van der Waals surface area contributed by atoms with Crippen molar-refractivity contribution in [2.24, 2.45) is 5.92 Å². The zero-order chi connectivity index (χ0) is 13.7. The number of aliphatic hydroxyl groups is 1. The van der Waals surface area contributed by atoms with Gasteiger partial charge in [0.2, 0.25) is 0 Å². The summed E-state index contributed by atoms with van der Waals surface area (Å²) in [6, 6.07) is 0.725. The van der Waals surface area contributed by atoms with E-state index >= 15 is 0 Å². The van der Waals surface area contributed by atoms with Crippen LogP contribution in [-0.4, -0.2) is 47.8 Å². The Kier molecular flexibility index (Phi) is 5.67. The maximum atomic E-state index is 10.2. The molecule has 3 nitrogen and oxygen atoms in total. The van der Waals surface area contributed by atoms with Crippen LogP contribution in [0.4, 0.5) is 0 Å². The molecule has 1 saturated carbocycles. The predicted octanol–water partition coefficient (Wildman–Crippen LogP) is 2.39. The van der Waals surface area contributed by atoms with Crippen LogP contribution in [0.5, 0.6) is 0 Å². The topological polar surface area (TPSA) is 35.5 Å². The molecule has 1 aliphatic carbocycles. The van der Waals surface area contributed by atoms with E-state index in [1.807, 2.05) is 6.92 Å². The van der Waals surface area contributed by atoms with Crippen LogP contribution in [0.3, 0.4) is 0 Å². The van der Waals surface area contributed by atoms with Crippen LogP contribution in [0.15, 0.2) is 0 Å². The van der Waals surface area contributed by atoms with Crippen LogP contribution in [-0.2, 0) is 0 Å². The minimum Gasteiger partial charge on any atom is -0.390 e. The third-order valence-corrected chi connectivity index (χ3v) is 5.02. The molecule has 0 bridgehead atoms. The summed E-state index contributed by atoms with van der Waals surface area (Å²) < 4.78 is 0. The van der Waals surface area contributed by atoms with Gasteiger partial charge in [-0.05, 0) is 58.0 Å². The van der Waals surface area contributed by atoms with Gasteiger partial charge in [0.25, 0.3) is 0 Å². The van der Waals surface area contributed by atoms with Gasteiger partial charge in [-0.3, -0.25) is 0 Å². The predicted molar refractivity (Wildman–Crippen MR) is 80.3 cm³/mol. The number of nitrogens with one attached hydrogen (secondary N) is 1. The average molecular weight is 268 g/mol. The first-order valence-electron chi connectivity index (χ1n) is 8.29. The van der Waals surface area contributed by atoms with Crippen molar-refractivity contribution in [3.8, 4) is 0 Å². The van der Waals surface area contributed by atoms with E-state index in [0.29, 0.717) is 0 Å². The molecule has 0 amide bonds. The Labute approximate surface area is 118 Å². The van der Waals surface area contributed by atoms with Gasteiger partial charge in [0, 0.05) is 19.1 Å². The highest BCUT2D eigenvalue weighted by molar-refractivity contribution is 4.85. The number of hydrogen-bond donors (Lipinski definition) is 2. The van der Waals surface area contributed by atoms with Crippen LogP contribution in [0, 0.1) is 5.92 Å². The SMILES string of the molecule is CCNC1CCCCC1CN1CCCC(C)(O)CC1. The Morgan fingerprint density at radius 2 is 1.95 bits per heavy atom. The Hall–Kier alpha value is -0.120. The lowest BCUT2D eigenvalue weighted by atomic mass is 9.84. The third kappa shape index (κ3) is 4.73. The number of likely N-dealkylation sites (tertiary alicyclic amines) is 1. The van der Waals surface area contributed by atoms with Crippen molar-refractivity contribution in [3.05, 3.63) is 0 Å². The highest BCUT2D eigenvalue weighted by atomic mass is 16.3. The van der Waals surface area contributed by atoms with Crippen molar-refractivity contribution in [1.29, 1.82) is 0 Å². The Morgan fingerprint density at radius 1 is 1.16 bits per heavy atom. The lowest BCUT2D eigenvalue weighted by Gasteiger charge is -2.36. The molecule has 2 N–H and O–H groups in total. The lowest BCUT2D eigenvalue weighted by Crippen LogP contribution is -2.44. The van der Waals surface area contributed by atoms with Crippen molar-refractivity contribution < 1.29 is 5.11 Å². The van der Waals surface area contributed by atoms with Gasteiger partial charge in [-0.15, -0.1) is 0 Å². The fraction of sp³-hybridized carbons (Fsp3) is 1.00. The van der Waals surface area contributed by atoms with E-state index in [0.717, 1.165) is 44.3 Å². The lowest BCUT2D eigenvalue weighted by molar-refractivity contribution is 0.0436. The average Bonchev–Trinajstić information content (AvgIpc) is 2.54. The molecule has 2 fully saturated rings. The number of rotatable bonds is 4. The Bertz CT molecular complexity index is 265. The first-order chi connectivity index (χ1) is 9.11. The van der Waals surface area contributed by atoms with Gasteiger partial charge in [-0.25, -0.2) is 0 Å². The van der Waals surface area contributed by atoms with Crippen LogP contribution >= 0.6 is 0 Å². The fourth-order valence-corrected chi connectivity index (χ4v) is 3.79. The second-order valence-electron chi connectivity index (χ2n) is 6.86. The van der Waals surface area contributed by atoms with Gasteiger partial charge in [-0.2, -0.15) is 0 Å². The summed E-state index contributed by atoms with van der Waals surface area (Å²) in [5.74, 6) is 0.816. The van der Waals surface area contributed by atoms with Gasteiger partial charge in [-0.1, -0.05) is 19.8 Å². The fourth-order valence-electron chi connectivity index (χ4n) is 3.79. The molecule has 2 aliphatic rings. The van der Waals surface area contributed by atoms with Crippen LogP contribution in [0.25, 0.3) is 0 Å². The van der Waals surface area contributed by atoms with E-state index in [1.165, 1.54) is 38.8 Å². The third-order valence-electron chi connectivity index (χ3n) is 5.02. The van der Waals surface area contributed by atoms with Crippen molar-refractivity contribution >= 4 is 0 Å². The zero-order valence-electron chi connectivity index (χ0n) is 12.8. The summed E-state index contributed by atoms with van der Waals surface area (Å²) in [7, 11) is 0. The second-order valence-corrected chi connectivity index (χ2v) is 6.86. The van der Waals surface area contributed by atoms with Crippen molar-refractivity contribution in [2.75, 3.05) is 26.2 Å². The smallest absolute Gasteiger partial charge is 0.0632 e. The van der Waals surface area contributed by atoms with E-state index in [4.69, 9.17) is 0 Å². The van der Waals surface area contributed by atoms with Crippen LogP contribution in [0.1, 0.15) is 58.8 Å². The van der Waals surface area contributed by atoms with E-state index in [9.17, 15) is 5.11 Å². The van der Waals surface area contributed by atoms with Crippen LogP contribution < -0.4 is 5.32 Å². The first-order valence-corrected chi connectivity index (χ1v) is 8.29. The molecule has 3 unspecified atom stereocenters. The molecule has 2 rings (SSSR count). The molecular weight excluding hydrogens is 236 g/mol. The quantitative estimate of drug-likeness (QED) is 0.822. The molecule has 1 aliphatic heterocycles. The molecule has 0 aromatic rings. The number of nitrogens with zero attached hydrogens (tertiary/aromatic N) is 1. The van der Waals surface area contributed by atoms with Gasteiger partial charge in [0.1, 0.15) is 0 Å². The largest absolute Gasteiger partial charge is 0.390 e. The van der Waals surface area contributed by atoms with Crippen molar-refractivity contribution in [3.63, 3.8) is 0 Å². The summed E-state index contributed by atoms with van der Waals surface area (Å²) in [4.78, 5) is 2.60. The van der Waals surface area contributed by atoms with Gasteiger partial charge < -0.3 is 15.3 Å².